The van der Waals surface area contributed by atoms with E-state index in [-0.39, 0.29) is 12.4 Å². The second kappa shape index (κ2) is 6.39. The molecule has 0 saturated heterocycles. The SMILES string of the molecule is COc1cc(C(=O)Cl)ccc1OCc1ccccc1F. The van der Waals surface area contributed by atoms with Gasteiger partial charge in [-0.25, -0.2) is 4.39 Å². The molecule has 0 N–H and O–H groups in total. The van der Waals surface area contributed by atoms with Gasteiger partial charge in [0, 0.05) is 11.1 Å². The highest BCUT2D eigenvalue weighted by atomic mass is 35.5. The van der Waals surface area contributed by atoms with Crippen LogP contribution in [-0.2, 0) is 6.61 Å². The highest BCUT2D eigenvalue weighted by Gasteiger charge is 2.10. The Labute approximate surface area is 120 Å². The molecule has 0 atom stereocenters. The highest BCUT2D eigenvalue weighted by molar-refractivity contribution is 6.67. The molecule has 104 valence electrons. The predicted octanol–water partition coefficient (Wildman–Crippen LogP) is 3.79. The largest absolute Gasteiger partial charge is 0.493 e. The minimum absolute atomic E-state index is 0.0667. The fourth-order valence-electron chi connectivity index (χ4n) is 1.68. The Kier molecular flexibility index (Phi) is 4.58. The molecule has 2 aromatic carbocycles. The van der Waals surface area contributed by atoms with Gasteiger partial charge in [-0.1, -0.05) is 18.2 Å². The Morgan fingerprint density at radius 3 is 2.60 bits per heavy atom. The minimum Gasteiger partial charge on any atom is -0.493 e. The summed E-state index contributed by atoms with van der Waals surface area (Å²) in [6.07, 6.45) is 0. The Morgan fingerprint density at radius 2 is 1.95 bits per heavy atom. The van der Waals surface area contributed by atoms with Gasteiger partial charge < -0.3 is 9.47 Å². The van der Waals surface area contributed by atoms with E-state index in [0.29, 0.717) is 22.6 Å². The van der Waals surface area contributed by atoms with E-state index < -0.39 is 5.24 Å². The number of hydrogen-bond donors (Lipinski definition) is 0. The molecule has 0 unspecified atom stereocenters. The molecule has 0 aliphatic rings. The Balaban J connectivity index is 2.17. The normalized spacial score (nSPS) is 10.2. The standard InChI is InChI=1S/C15H12ClFO3/c1-19-14-8-10(15(16)18)6-7-13(14)20-9-11-4-2-3-5-12(11)17/h2-8H,9H2,1H3. The lowest BCUT2D eigenvalue weighted by Gasteiger charge is -2.11. The Bertz CT molecular complexity index is 628. The van der Waals surface area contributed by atoms with Crippen LogP contribution in [0.1, 0.15) is 15.9 Å². The van der Waals surface area contributed by atoms with Crippen molar-refractivity contribution in [3.05, 3.63) is 59.4 Å². The maximum absolute atomic E-state index is 13.5. The summed E-state index contributed by atoms with van der Waals surface area (Å²) in [5.74, 6) is 0.448. The van der Waals surface area contributed by atoms with Gasteiger partial charge in [0.05, 0.1) is 7.11 Å². The fraction of sp³-hybridized carbons (Fsp3) is 0.133. The molecule has 2 aromatic rings. The lowest BCUT2D eigenvalue weighted by Crippen LogP contribution is -2.01. The van der Waals surface area contributed by atoms with E-state index in [0.717, 1.165) is 0 Å². The molecule has 0 saturated carbocycles. The van der Waals surface area contributed by atoms with E-state index in [2.05, 4.69) is 0 Å². The summed E-state index contributed by atoms with van der Waals surface area (Å²) in [5, 5.41) is -0.580. The van der Waals surface area contributed by atoms with E-state index >= 15 is 0 Å². The zero-order valence-electron chi connectivity index (χ0n) is 10.7. The van der Waals surface area contributed by atoms with Crippen molar-refractivity contribution >= 4 is 16.8 Å². The molecular formula is C15H12ClFO3. The van der Waals surface area contributed by atoms with Crippen LogP contribution in [0.2, 0.25) is 0 Å². The number of ether oxygens (including phenoxy) is 2. The zero-order chi connectivity index (χ0) is 14.5. The summed E-state index contributed by atoms with van der Waals surface area (Å²) >= 11 is 5.39. The summed E-state index contributed by atoms with van der Waals surface area (Å²) in [7, 11) is 1.45. The summed E-state index contributed by atoms with van der Waals surface area (Å²) in [4.78, 5) is 11.1. The maximum Gasteiger partial charge on any atom is 0.252 e. The van der Waals surface area contributed by atoms with Crippen molar-refractivity contribution in [3.63, 3.8) is 0 Å². The van der Waals surface area contributed by atoms with Crippen LogP contribution in [0.25, 0.3) is 0 Å². The first kappa shape index (κ1) is 14.3. The van der Waals surface area contributed by atoms with Crippen molar-refractivity contribution < 1.29 is 18.7 Å². The monoisotopic (exact) mass is 294 g/mol. The number of benzene rings is 2. The molecule has 0 aromatic heterocycles. The average Bonchev–Trinajstić information content (AvgIpc) is 2.46. The van der Waals surface area contributed by atoms with Gasteiger partial charge in [-0.15, -0.1) is 0 Å². The van der Waals surface area contributed by atoms with Crippen LogP contribution >= 0.6 is 11.6 Å². The molecule has 0 aliphatic heterocycles. The average molecular weight is 295 g/mol. The third-order valence-electron chi connectivity index (χ3n) is 2.73. The molecule has 0 spiro atoms. The van der Waals surface area contributed by atoms with E-state index in [9.17, 15) is 9.18 Å². The number of hydrogen-bond acceptors (Lipinski definition) is 3. The van der Waals surface area contributed by atoms with Crippen molar-refractivity contribution in [1.29, 1.82) is 0 Å². The van der Waals surface area contributed by atoms with Crippen molar-refractivity contribution in [2.75, 3.05) is 7.11 Å². The molecule has 0 aliphatic carbocycles. The fourth-order valence-corrected chi connectivity index (χ4v) is 1.80. The van der Waals surface area contributed by atoms with Crippen molar-refractivity contribution in [2.24, 2.45) is 0 Å². The van der Waals surface area contributed by atoms with Gasteiger partial charge >= 0.3 is 0 Å². The van der Waals surface area contributed by atoms with Gasteiger partial charge in [-0.3, -0.25) is 4.79 Å². The second-order valence-electron chi connectivity index (χ2n) is 4.02. The first-order chi connectivity index (χ1) is 9.61. The van der Waals surface area contributed by atoms with Gasteiger partial charge in [0.2, 0.25) is 0 Å². The number of methoxy groups -OCH3 is 1. The molecule has 5 heteroatoms. The lowest BCUT2D eigenvalue weighted by atomic mass is 10.2. The molecule has 0 radical (unpaired) electrons. The van der Waals surface area contributed by atoms with Crippen molar-refractivity contribution in [3.8, 4) is 11.5 Å². The second-order valence-corrected chi connectivity index (χ2v) is 4.36. The van der Waals surface area contributed by atoms with E-state index in [1.54, 1.807) is 24.3 Å². The third-order valence-corrected chi connectivity index (χ3v) is 2.95. The summed E-state index contributed by atoms with van der Waals surface area (Å²) in [6.45, 7) is 0.0667. The number of carbonyl (C=O) groups is 1. The molecule has 0 amide bonds. The smallest absolute Gasteiger partial charge is 0.252 e. The van der Waals surface area contributed by atoms with Crippen LogP contribution in [0.4, 0.5) is 4.39 Å². The summed E-state index contributed by atoms with van der Waals surface area (Å²) in [5.41, 5.74) is 0.744. The quantitative estimate of drug-likeness (QED) is 0.787. The number of halogens is 2. The van der Waals surface area contributed by atoms with Crippen LogP contribution in [0.3, 0.4) is 0 Å². The maximum atomic E-state index is 13.5. The molecule has 20 heavy (non-hydrogen) atoms. The van der Waals surface area contributed by atoms with Crippen LogP contribution in [0.15, 0.2) is 42.5 Å². The first-order valence-corrected chi connectivity index (χ1v) is 6.23. The van der Waals surface area contributed by atoms with Crippen molar-refractivity contribution in [1.82, 2.24) is 0 Å². The summed E-state index contributed by atoms with van der Waals surface area (Å²) < 4.78 is 24.1. The van der Waals surface area contributed by atoms with Gasteiger partial charge in [0.25, 0.3) is 5.24 Å². The van der Waals surface area contributed by atoms with Crippen LogP contribution in [0, 0.1) is 5.82 Å². The highest BCUT2D eigenvalue weighted by Crippen LogP contribution is 2.29. The molecule has 2 rings (SSSR count). The van der Waals surface area contributed by atoms with Gasteiger partial charge in [0.15, 0.2) is 11.5 Å². The molecule has 0 fully saturated rings. The zero-order valence-corrected chi connectivity index (χ0v) is 11.5. The van der Waals surface area contributed by atoms with Crippen LogP contribution in [-0.4, -0.2) is 12.4 Å². The first-order valence-electron chi connectivity index (χ1n) is 5.86. The van der Waals surface area contributed by atoms with E-state index in [1.807, 2.05) is 0 Å². The molecular weight excluding hydrogens is 283 g/mol. The molecule has 3 nitrogen and oxygen atoms in total. The van der Waals surface area contributed by atoms with Gasteiger partial charge in [-0.05, 0) is 35.9 Å². The number of rotatable bonds is 5. The topological polar surface area (TPSA) is 35.5 Å². The van der Waals surface area contributed by atoms with E-state index in [1.165, 1.54) is 25.3 Å². The summed E-state index contributed by atoms with van der Waals surface area (Å²) in [6, 6.07) is 10.9. The predicted molar refractivity (Wildman–Crippen MR) is 73.9 cm³/mol. The van der Waals surface area contributed by atoms with Crippen LogP contribution in [0.5, 0.6) is 11.5 Å². The van der Waals surface area contributed by atoms with E-state index in [4.69, 9.17) is 21.1 Å². The van der Waals surface area contributed by atoms with Crippen molar-refractivity contribution in [2.45, 2.75) is 6.61 Å². The number of carbonyl (C=O) groups excluding carboxylic acids is 1. The van der Waals surface area contributed by atoms with Crippen LogP contribution < -0.4 is 9.47 Å². The Morgan fingerprint density at radius 1 is 1.20 bits per heavy atom. The third kappa shape index (κ3) is 3.27. The molecule has 0 heterocycles. The molecule has 0 bridgehead atoms. The minimum atomic E-state index is -0.580. The van der Waals surface area contributed by atoms with Gasteiger partial charge in [-0.2, -0.15) is 0 Å². The lowest BCUT2D eigenvalue weighted by molar-refractivity contribution is 0.108. The Hall–Kier alpha value is -2.07. The van der Waals surface area contributed by atoms with Gasteiger partial charge in [0.1, 0.15) is 12.4 Å².